The monoisotopic (exact) mass is 283 g/mol. The molecule has 0 saturated heterocycles. The van der Waals surface area contributed by atoms with E-state index in [1.54, 1.807) is 0 Å². The van der Waals surface area contributed by atoms with Crippen LogP contribution in [0, 0.1) is 0 Å². The number of rotatable bonds is 3. The van der Waals surface area contributed by atoms with Crippen LogP contribution in [0.4, 0.5) is 5.82 Å². The summed E-state index contributed by atoms with van der Waals surface area (Å²) in [7, 11) is 0. The van der Waals surface area contributed by atoms with Crippen molar-refractivity contribution in [2.24, 2.45) is 0 Å². The van der Waals surface area contributed by atoms with E-state index in [4.69, 9.17) is 5.10 Å². The summed E-state index contributed by atoms with van der Waals surface area (Å²) < 4.78 is 2.11. The highest BCUT2D eigenvalue weighted by Crippen LogP contribution is 2.31. The van der Waals surface area contributed by atoms with Gasteiger partial charge < -0.3 is 5.32 Å². The number of benzene rings is 1. The molecule has 2 heterocycles. The van der Waals surface area contributed by atoms with Gasteiger partial charge in [0.15, 0.2) is 0 Å². The number of nitrogens with zero attached hydrogens (tertiary/aromatic N) is 2. The zero-order valence-corrected chi connectivity index (χ0v) is 13.3. The van der Waals surface area contributed by atoms with E-state index < -0.39 is 0 Å². The number of fused-ring (bicyclic) bond motifs is 1. The van der Waals surface area contributed by atoms with Crippen LogP contribution < -0.4 is 5.32 Å². The summed E-state index contributed by atoms with van der Waals surface area (Å²) in [4.78, 5) is 0. The van der Waals surface area contributed by atoms with Gasteiger partial charge in [-0.05, 0) is 49.3 Å². The minimum Gasteiger partial charge on any atom is -0.370 e. The Balaban J connectivity index is 2.08. The average molecular weight is 283 g/mol. The molecule has 1 N–H and O–H groups in total. The highest BCUT2D eigenvalue weighted by atomic mass is 15.3. The van der Waals surface area contributed by atoms with Gasteiger partial charge in [-0.3, -0.25) is 0 Å². The Labute approximate surface area is 127 Å². The summed E-state index contributed by atoms with van der Waals surface area (Å²) in [6, 6.07) is 8.77. The predicted octanol–water partition coefficient (Wildman–Crippen LogP) is 4.31. The molecule has 2 aromatic rings. The van der Waals surface area contributed by atoms with Crippen LogP contribution in [-0.2, 0) is 12.8 Å². The van der Waals surface area contributed by atoms with Crippen molar-refractivity contribution in [2.75, 3.05) is 11.9 Å². The number of aromatic nitrogens is 2. The number of nitrogens with one attached hydrogen (secondary N) is 1. The van der Waals surface area contributed by atoms with E-state index in [1.807, 2.05) is 0 Å². The molecule has 0 unspecified atom stereocenters. The fourth-order valence-electron chi connectivity index (χ4n) is 3.05. The maximum Gasteiger partial charge on any atom is 0.133 e. The molecule has 3 nitrogen and oxygen atoms in total. The Hall–Kier alpha value is -1.77. The third kappa shape index (κ3) is 2.69. The summed E-state index contributed by atoms with van der Waals surface area (Å²) in [5, 5.41) is 8.51. The molecular weight excluding hydrogens is 258 g/mol. The van der Waals surface area contributed by atoms with Crippen LogP contribution in [0.3, 0.4) is 0 Å². The Morgan fingerprint density at radius 1 is 1.19 bits per heavy atom. The number of aryl methyl sites for hydroxylation is 1. The van der Waals surface area contributed by atoms with Gasteiger partial charge in [-0.15, -0.1) is 0 Å². The molecule has 0 spiro atoms. The molecular formula is C18H25N3. The standard InChI is InChI=1S/C18H25N3/c1-4-14-8-10-15(11-9-14)21-18-16(7-5-6-12-19-18)17(20-21)13(2)3/h8-11,13,19H,4-7,12H2,1-3H3. The van der Waals surface area contributed by atoms with Crippen molar-refractivity contribution >= 4 is 5.82 Å². The van der Waals surface area contributed by atoms with E-state index in [9.17, 15) is 0 Å². The van der Waals surface area contributed by atoms with Crippen molar-refractivity contribution in [3.8, 4) is 5.69 Å². The first kappa shape index (κ1) is 14.2. The van der Waals surface area contributed by atoms with Gasteiger partial charge in [0.25, 0.3) is 0 Å². The van der Waals surface area contributed by atoms with Gasteiger partial charge in [-0.2, -0.15) is 5.10 Å². The summed E-state index contributed by atoms with van der Waals surface area (Å²) >= 11 is 0. The van der Waals surface area contributed by atoms with E-state index in [2.05, 4.69) is 55.0 Å². The van der Waals surface area contributed by atoms with Gasteiger partial charge in [0.2, 0.25) is 0 Å². The molecule has 1 aromatic carbocycles. The largest absolute Gasteiger partial charge is 0.370 e. The molecule has 0 aliphatic carbocycles. The van der Waals surface area contributed by atoms with Gasteiger partial charge >= 0.3 is 0 Å². The van der Waals surface area contributed by atoms with E-state index in [1.165, 1.54) is 35.5 Å². The Bertz CT molecular complexity index is 608. The van der Waals surface area contributed by atoms with E-state index >= 15 is 0 Å². The highest BCUT2D eigenvalue weighted by molar-refractivity contribution is 5.55. The van der Waals surface area contributed by atoms with Gasteiger partial charge in [0.05, 0.1) is 11.4 Å². The van der Waals surface area contributed by atoms with Gasteiger partial charge in [0, 0.05) is 12.1 Å². The van der Waals surface area contributed by atoms with Crippen LogP contribution in [0.1, 0.15) is 56.4 Å². The first-order valence-corrected chi connectivity index (χ1v) is 8.15. The van der Waals surface area contributed by atoms with Crippen molar-refractivity contribution in [3.63, 3.8) is 0 Å². The number of anilines is 1. The third-order valence-electron chi connectivity index (χ3n) is 4.30. The van der Waals surface area contributed by atoms with Gasteiger partial charge in [-0.25, -0.2) is 4.68 Å². The molecule has 0 saturated carbocycles. The molecule has 3 rings (SSSR count). The van der Waals surface area contributed by atoms with E-state index in [-0.39, 0.29) is 0 Å². The molecule has 21 heavy (non-hydrogen) atoms. The summed E-state index contributed by atoms with van der Waals surface area (Å²) in [5.74, 6) is 1.68. The van der Waals surface area contributed by atoms with Gasteiger partial charge in [0.1, 0.15) is 5.82 Å². The molecule has 0 fully saturated rings. The Morgan fingerprint density at radius 3 is 2.62 bits per heavy atom. The molecule has 0 bridgehead atoms. The molecule has 1 aliphatic rings. The van der Waals surface area contributed by atoms with E-state index in [0.717, 1.165) is 25.1 Å². The van der Waals surface area contributed by atoms with Crippen molar-refractivity contribution in [1.29, 1.82) is 0 Å². The Morgan fingerprint density at radius 2 is 1.95 bits per heavy atom. The number of hydrogen-bond acceptors (Lipinski definition) is 2. The van der Waals surface area contributed by atoms with Crippen LogP contribution >= 0.6 is 0 Å². The minimum atomic E-state index is 0.467. The summed E-state index contributed by atoms with van der Waals surface area (Å²) in [5.41, 5.74) is 5.19. The lowest BCUT2D eigenvalue weighted by Gasteiger charge is -2.09. The lowest BCUT2D eigenvalue weighted by atomic mass is 10.0. The molecule has 0 amide bonds. The normalized spacial score (nSPS) is 14.7. The van der Waals surface area contributed by atoms with Crippen molar-refractivity contribution in [1.82, 2.24) is 9.78 Å². The second-order valence-corrected chi connectivity index (χ2v) is 6.18. The summed E-state index contributed by atoms with van der Waals surface area (Å²) in [6.07, 6.45) is 4.71. The molecule has 0 atom stereocenters. The third-order valence-corrected chi connectivity index (χ3v) is 4.30. The molecule has 3 heteroatoms. The quantitative estimate of drug-likeness (QED) is 0.910. The minimum absolute atomic E-state index is 0.467. The molecule has 1 aromatic heterocycles. The topological polar surface area (TPSA) is 29.9 Å². The number of hydrogen-bond donors (Lipinski definition) is 1. The highest BCUT2D eigenvalue weighted by Gasteiger charge is 2.21. The maximum absolute atomic E-state index is 4.91. The maximum atomic E-state index is 4.91. The van der Waals surface area contributed by atoms with Crippen LogP contribution in [0.2, 0.25) is 0 Å². The van der Waals surface area contributed by atoms with E-state index in [0.29, 0.717) is 5.92 Å². The fourth-order valence-corrected chi connectivity index (χ4v) is 3.05. The average Bonchev–Trinajstić information content (AvgIpc) is 2.69. The van der Waals surface area contributed by atoms with Gasteiger partial charge in [-0.1, -0.05) is 32.9 Å². The fraction of sp³-hybridized carbons (Fsp3) is 0.500. The van der Waals surface area contributed by atoms with Crippen molar-refractivity contribution in [2.45, 2.75) is 52.4 Å². The van der Waals surface area contributed by atoms with Crippen LogP contribution in [0.25, 0.3) is 5.69 Å². The molecule has 0 radical (unpaired) electrons. The predicted molar refractivity (Wildman–Crippen MR) is 88.5 cm³/mol. The first-order valence-electron chi connectivity index (χ1n) is 8.15. The zero-order chi connectivity index (χ0) is 14.8. The van der Waals surface area contributed by atoms with Crippen LogP contribution in [-0.4, -0.2) is 16.3 Å². The van der Waals surface area contributed by atoms with Crippen molar-refractivity contribution < 1.29 is 0 Å². The summed E-state index contributed by atoms with van der Waals surface area (Å²) in [6.45, 7) is 7.70. The van der Waals surface area contributed by atoms with Crippen LogP contribution in [0.15, 0.2) is 24.3 Å². The molecule has 112 valence electrons. The second-order valence-electron chi connectivity index (χ2n) is 6.18. The SMILES string of the molecule is CCc1ccc(-n2nc(C(C)C)c3c2NCCCC3)cc1. The van der Waals surface area contributed by atoms with Crippen LogP contribution in [0.5, 0.6) is 0 Å². The molecule has 1 aliphatic heterocycles. The first-order chi connectivity index (χ1) is 10.2. The lowest BCUT2D eigenvalue weighted by Crippen LogP contribution is -2.07. The Kier molecular flexibility index (Phi) is 4.00. The zero-order valence-electron chi connectivity index (χ0n) is 13.3. The second kappa shape index (κ2) is 5.92. The lowest BCUT2D eigenvalue weighted by molar-refractivity contribution is 0.731. The smallest absolute Gasteiger partial charge is 0.133 e. The van der Waals surface area contributed by atoms with Crippen molar-refractivity contribution in [3.05, 3.63) is 41.1 Å².